The summed E-state index contributed by atoms with van der Waals surface area (Å²) in [6.45, 7) is 1.95. The Bertz CT molecular complexity index is 883. The predicted molar refractivity (Wildman–Crippen MR) is 111 cm³/mol. The zero-order chi connectivity index (χ0) is 20.1. The van der Waals surface area contributed by atoms with Gasteiger partial charge in [0.25, 0.3) is 0 Å². The molecule has 3 aromatic carbocycles. The lowest BCUT2D eigenvalue weighted by atomic mass is 9.87. The molecule has 29 heavy (non-hydrogen) atoms. The molecule has 4 rings (SSSR count). The van der Waals surface area contributed by atoms with Crippen molar-refractivity contribution in [2.75, 3.05) is 19.7 Å². The van der Waals surface area contributed by atoms with Crippen molar-refractivity contribution in [1.82, 2.24) is 4.90 Å². The number of amides is 1. The van der Waals surface area contributed by atoms with Gasteiger partial charge in [-0.15, -0.1) is 0 Å². The van der Waals surface area contributed by atoms with E-state index >= 15 is 0 Å². The Hall–Kier alpha value is -3.14. The fourth-order valence-corrected chi connectivity index (χ4v) is 3.73. The molecule has 148 valence electrons. The van der Waals surface area contributed by atoms with Crippen LogP contribution < -0.4 is 4.74 Å². The Morgan fingerprint density at radius 3 is 2.00 bits per heavy atom. The molecule has 4 heteroatoms. The van der Waals surface area contributed by atoms with Crippen molar-refractivity contribution in [2.45, 2.75) is 12.3 Å². The molecule has 3 nitrogen and oxygen atoms in total. The Balaban J connectivity index is 1.33. The van der Waals surface area contributed by atoms with Crippen LogP contribution in [0.4, 0.5) is 4.39 Å². The quantitative estimate of drug-likeness (QED) is 0.576. The predicted octanol–water partition coefficient (Wildman–Crippen LogP) is 4.89. The van der Waals surface area contributed by atoms with Crippen LogP contribution in [0, 0.1) is 11.7 Å². The van der Waals surface area contributed by atoms with Crippen molar-refractivity contribution in [3.8, 4) is 5.75 Å². The van der Waals surface area contributed by atoms with Gasteiger partial charge in [0.1, 0.15) is 11.6 Å². The molecule has 0 spiro atoms. The first kappa shape index (κ1) is 19.2. The molecule has 0 radical (unpaired) electrons. The van der Waals surface area contributed by atoms with Crippen LogP contribution in [-0.2, 0) is 4.79 Å². The number of likely N-dealkylation sites (tertiary alicyclic amines) is 1. The van der Waals surface area contributed by atoms with Crippen LogP contribution in [0.15, 0.2) is 84.9 Å². The maximum atomic E-state index is 13.0. The first-order valence-electron chi connectivity index (χ1n) is 9.95. The summed E-state index contributed by atoms with van der Waals surface area (Å²) < 4.78 is 18.7. The van der Waals surface area contributed by atoms with E-state index in [1.165, 1.54) is 12.1 Å². The summed E-state index contributed by atoms with van der Waals surface area (Å²) in [7, 11) is 0. The number of hydrogen-bond acceptors (Lipinski definition) is 2. The SMILES string of the molecule is O=C(CC(c1ccccc1)c1ccccc1)N1CC(COc2ccc(F)cc2)C1. The van der Waals surface area contributed by atoms with Gasteiger partial charge >= 0.3 is 0 Å². The second kappa shape index (κ2) is 8.91. The summed E-state index contributed by atoms with van der Waals surface area (Å²) in [6.07, 6.45) is 0.458. The van der Waals surface area contributed by atoms with Gasteiger partial charge in [-0.3, -0.25) is 4.79 Å². The van der Waals surface area contributed by atoms with Crippen molar-refractivity contribution in [3.05, 3.63) is 102 Å². The number of rotatable bonds is 7. The Kier molecular flexibility index (Phi) is 5.89. The van der Waals surface area contributed by atoms with E-state index in [2.05, 4.69) is 24.3 Å². The Morgan fingerprint density at radius 1 is 0.897 bits per heavy atom. The summed E-state index contributed by atoms with van der Waals surface area (Å²) in [4.78, 5) is 14.8. The van der Waals surface area contributed by atoms with Gasteiger partial charge in [-0.2, -0.15) is 0 Å². The lowest BCUT2D eigenvalue weighted by Crippen LogP contribution is -2.52. The fourth-order valence-electron chi connectivity index (χ4n) is 3.73. The number of benzene rings is 3. The summed E-state index contributed by atoms with van der Waals surface area (Å²) in [5, 5.41) is 0. The highest BCUT2D eigenvalue weighted by molar-refractivity contribution is 5.78. The minimum Gasteiger partial charge on any atom is -0.493 e. The molecule has 3 aromatic rings. The lowest BCUT2D eigenvalue weighted by molar-refractivity contribution is -0.138. The first-order valence-corrected chi connectivity index (χ1v) is 9.95. The average molecular weight is 389 g/mol. The molecular formula is C25H24FNO2. The van der Waals surface area contributed by atoms with Gasteiger partial charge in [0.15, 0.2) is 0 Å². The standard InChI is InChI=1S/C25H24FNO2/c26-22-11-13-23(14-12-22)29-18-19-16-27(17-19)25(28)15-24(20-7-3-1-4-8-20)21-9-5-2-6-10-21/h1-14,19,24H,15-18H2. The minimum atomic E-state index is -0.274. The monoisotopic (exact) mass is 389 g/mol. The molecule has 1 amide bonds. The van der Waals surface area contributed by atoms with Gasteiger partial charge in [0.05, 0.1) is 6.61 Å². The van der Waals surface area contributed by atoms with Crippen molar-refractivity contribution in [2.24, 2.45) is 5.92 Å². The summed E-state index contributed by atoms with van der Waals surface area (Å²) in [5.41, 5.74) is 2.31. The number of carbonyl (C=O) groups excluding carboxylic acids is 1. The van der Waals surface area contributed by atoms with Gasteiger partial charge in [0.2, 0.25) is 5.91 Å². The maximum absolute atomic E-state index is 13.0. The van der Waals surface area contributed by atoms with Crippen LogP contribution in [0.5, 0.6) is 5.75 Å². The third-order valence-corrected chi connectivity index (χ3v) is 5.39. The molecule has 0 aliphatic carbocycles. The topological polar surface area (TPSA) is 29.5 Å². The molecule has 0 aromatic heterocycles. The van der Waals surface area contributed by atoms with E-state index in [9.17, 15) is 9.18 Å². The van der Waals surface area contributed by atoms with Gasteiger partial charge in [-0.05, 0) is 35.4 Å². The molecule has 0 unspecified atom stereocenters. The van der Waals surface area contributed by atoms with Crippen LogP contribution in [0.3, 0.4) is 0 Å². The first-order chi connectivity index (χ1) is 14.2. The van der Waals surface area contributed by atoms with Crippen molar-refractivity contribution in [3.63, 3.8) is 0 Å². The molecule has 0 N–H and O–H groups in total. The van der Waals surface area contributed by atoms with Crippen LogP contribution in [-0.4, -0.2) is 30.5 Å². The van der Waals surface area contributed by atoms with E-state index in [0.717, 1.165) is 11.1 Å². The fraction of sp³-hybridized carbons (Fsp3) is 0.240. The van der Waals surface area contributed by atoms with Gasteiger partial charge in [-0.1, -0.05) is 60.7 Å². The highest BCUT2D eigenvalue weighted by Crippen LogP contribution is 2.30. The Morgan fingerprint density at radius 2 is 1.45 bits per heavy atom. The smallest absolute Gasteiger partial charge is 0.223 e. The van der Waals surface area contributed by atoms with E-state index in [1.54, 1.807) is 12.1 Å². The normalized spacial score (nSPS) is 13.9. The summed E-state index contributed by atoms with van der Waals surface area (Å²) in [6, 6.07) is 26.4. The number of hydrogen-bond donors (Lipinski definition) is 0. The van der Waals surface area contributed by atoms with Gasteiger partial charge in [-0.25, -0.2) is 4.39 Å². The second-order valence-corrected chi connectivity index (χ2v) is 7.51. The molecule has 1 saturated heterocycles. The van der Waals surface area contributed by atoms with Crippen LogP contribution >= 0.6 is 0 Å². The minimum absolute atomic E-state index is 0.0550. The second-order valence-electron chi connectivity index (χ2n) is 7.51. The molecular weight excluding hydrogens is 365 g/mol. The molecule has 1 aliphatic heterocycles. The van der Waals surface area contributed by atoms with E-state index in [1.807, 2.05) is 41.3 Å². The van der Waals surface area contributed by atoms with Crippen molar-refractivity contribution < 1.29 is 13.9 Å². The van der Waals surface area contributed by atoms with Crippen molar-refractivity contribution >= 4 is 5.91 Å². The molecule has 1 fully saturated rings. The zero-order valence-corrected chi connectivity index (χ0v) is 16.2. The van der Waals surface area contributed by atoms with E-state index in [0.29, 0.717) is 37.8 Å². The molecule has 1 aliphatic rings. The lowest BCUT2D eigenvalue weighted by Gasteiger charge is -2.39. The van der Waals surface area contributed by atoms with Gasteiger partial charge < -0.3 is 9.64 Å². The largest absolute Gasteiger partial charge is 0.493 e. The van der Waals surface area contributed by atoms with E-state index < -0.39 is 0 Å². The van der Waals surface area contributed by atoms with Crippen LogP contribution in [0.1, 0.15) is 23.5 Å². The third-order valence-electron chi connectivity index (χ3n) is 5.39. The highest BCUT2D eigenvalue weighted by Gasteiger charge is 2.32. The number of halogens is 1. The van der Waals surface area contributed by atoms with Crippen LogP contribution in [0.2, 0.25) is 0 Å². The number of ether oxygens (including phenoxy) is 1. The summed E-state index contributed by atoms with van der Waals surface area (Å²) in [5.74, 6) is 0.921. The third kappa shape index (κ3) is 4.83. The summed E-state index contributed by atoms with van der Waals surface area (Å²) >= 11 is 0. The highest BCUT2D eigenvalue weighted by atomic mass is 19.1. The Labute approximate surface area is 170 Å². The molecule has 1 heterocycles. The molecule has 0 saturated carbocycles. The van der Waals surface area contributed by atoms with E-state index in [-0.39, 0.29) is 17.6 Å². The van der Waals surface area contributed by atoms with Crippen molar-refractivity contribution in [1.29, 1.82) is 0 Å². The average Bonchev–Trinajstić information content (AvgIpc) is 2.73. The zero-order valence-electron chi connectivity index (χ0n) is 16.2. The molecule has 0 bridgehead atoms. The van der Waals surface area contributed by atoms with Crippen LogP contribution in [0.25, 0.3) is 0 Å². The maximum Gasteiger partial charge on any atom is 0.223 e. The number of nitrogens with zero attached hydrogens (tertiary/aromatic N) is 1. The molecule has 0 atom stereocenters. The number of carbonyl (C=O) groups is 1. The van der Waals surface area contributed by atoms with Gasteiger partial charge in [0, 0.05) is 31.3 Å². The van der Waals surface area contributed by atoms with E-state index in [4.69, 9.17) is 4.74 Å².